The maximum Gasteiger partial charge on any atom is 0.211 e. The van der Waals surface area contributed by atoms with E-state index in [1.54, 1.807) is 24.3 Å². The first-order valence-corrected chi connectivity index (χ1v) is 14.6. The molecule has 7 nitrogen and oxygen atoms in total. The van der Waals surface area contributed by atoms with Gasteiger partial charge in [0.05, 0.1) is 17.2 Å². The Labute approximate surface area is 256 Å². The molecule has 2 aromatic rings. The minimum atomic E-state index is -0.579. The Morgan fingerprint density at radius 2 is 1.54 bits per heavy atom. The summed E-state index contributed by atoms with van der Waals surface area (Å²) in [5.74, 6) is -0.281. The number of halogens is 3. The zero-order valence-electron chi connectivity index (χ0n) is 26.0. The molecule has 7 N–H and O–H groups in total. The van der Waals surface area contributed by atoms with E-state index < -0.39 is 18.0 Å². The lowest BCUT2D eigenvalue weighted by atomic mass is 9.94. The van der Waals surface area contributed by atoms with Crippen LogP contribution in [0.2, 0.25) is 10.0 Å². The van der Waals surface area contributed by atoms with Crippen LogP contribution < -0.4 is 16.4 Å². The number of benzene rings is 2. The summed E-state index contributed by atoms with van der Waals surface area (Å²) in [6.45, 7) is 17.4. The van der Waals surface area contributed by atoms with Crippen LogP contribution in [0.1, 0.15) is 85.3 Å². The number of amides is 1. The molecule has 0 bridgehead atoms. The van der Waals surface area contributed by atoms with Crippen molar-refractivity contribution in [3.05, 3.63) is 63.4 Å². The number of nitrogens with one attached hydrogen (secondary N) is 2. The third-order valence-corrected chi connectivity index (χ3v) is 6.18. The molecule has 1 fully saturated rings. The molecule has 3 rings (SSSR count). The first kappa shape index (κ1) is 41.4. The molecular formula is C31H52Cl2FN3O4. The highest BCUT2D eigenvalue weighted by atomic mass is 35.5. The van der Waals surface area contributed by atoms with Gasteiger partial charge in [-0.3, -0.25) is 4.79 Å². The fourth-order valence-corrected chi connectivity index (χ4v) is 3.82. The highest BCUT2D eigenvalue weighted by Crippen LogP contribution is 2.26. The third-order valence-electron chi connectivity index (χ3n) is 5.65. The molecule has 0 radical (unpaired) electrons. The van der Waals surface area contributed by atoms with Crippen LogP contribution in [0.4, 0.5) is 10.1 Å². The zero-order valence-corrected chi connectivity index (χ0v) is 27.5. The van der Waals surface area contributed by atoms with Crippen LogP contribution >= 0.6 is 23.2 Å². The Morgan fingerprint density at radius 1 is 1.02 bits per heavy atom. The lowest BCUT2D eigenvalue weighted by Gasteiger charge is -2.23. The van der Waals surface area contributed by atoms with E-state index in [-0.39, 0.29) is 23.0 Å². The Morgan fingerprint density at radius 3 is 1.95 bits per heavy atom. The van der Waals surface area contributed by atoms with Crippen molar-refractivity contribution in [2.75, 3.05) is 12.4 Å². The van der Waals surface area contributed by atoms with Gasteiger partial charge in [0.25, 0.3) is 0 Å². The topological polar surface area (TPSA) is 128 Å². The predicted octanol–water partition coefficient (Wildman–Crippen LogP) is 6.50. The van der Waals surface area contributed by atoms with Crippen molar-refractivity contribution in [2.45, 2.75) is 105 Å². The molecular weight excluding hydrogens is 568 g/mol. The average Bonchev–Trinajstić information content (AvgIpc) is 3.20. The predicted molar refractivity (Wildman–Crippen MR) is 171 cm³/mol. The van der Waals surface area contributed by atoms with Crippen molar-refractivity contribution in [2.24, 2.45) is 11.1 Å². The molecule has 1 aliphatic rings. The number of anilines is 1. The summed E-state index contributed by atoms with van der Waals surface area (Å²) in [5.41, 5.74) is 8.47. The maximum atomic E-state index is 13.3. The van der Waals surface area contributed by atoms with Crippen LogP contribution in [-0.2, 0) is 11.3 Å². The van der Waals surface area contributed by atoms with Crippen LogP contribution in [0.25, 0.3) is 0 Å². The highest BCUT2D eigenvalue weighted by Gasteiger charge is 2.28. The number of carbonyl (C=O) groups is 1. The third kappa shape index (κ3) is 18.4. The molecule has 41 heavy (non-hydrogen) atoms. The van der Waals surface area contributed by atoms with Crippen molar-refractivity contribution >= 4 is 35.3 Å². The molecule has 0 saturated heterocycles. The van der Waals surface area contributed by atoms with Crippen molar-refractivity contribution in [3.8, 4) is 0 Å². The van der Waals surface area contributed by atoms with Gasteiger partial charge < -0.3 is 31.7 Å². The van der Waals surface area contributed by atoms with E-state index in [4.69, 9.17) is 44.3 Å². The van der Waals surface area contributed by atoms with E-state index >= 15 is 0 Å². The minimum Gasteiger partial charge on any atom is -0.400 e. The number of aliphatic hydroxyl groups is 3. The van der Waals surface area contributed by atoms with E-state index in [0.29, 0.717) is 41.9 Å². The summed E-state index contributed by atoms with van der Waals surface area (Å²) in [6.07, 6.45) is 0.555. The maximum absolute atomic E-state index is 13.3. The molecule has 1 saturated carbocycles. The van der Waals surface area contributed by atoms with Crippen molar-refractivity contribution in [3.63, 3.8) is 0 Å². The normalized spacial score (nSPS) is 18.9. The van der Waals surface area contributed by atoms with Crippen LogP contribution in [-0.4, -0.2) is 53.1 Å². The average molecular weight is 621 g/mol. The van der Waals surface area contributed by atoms with Gasteiger partial charge in [0.1, 0.15) is 5.82 Å². The molecule has 10 heteroatoms. The number of hydrogen-bond acceptors (Lipinski definition) is 6. The number of carbonyl (C=O) groups excluding carboxylic acids is 1. The molecule has 1 amide bonds. The van der Waals surface area contributed by atoms with E-state index in [2.05, 4.69) is 38.3 Å². The molecule has 0 spiro atoms. The van der Waals surface area contributed by atoms with Crippen LogP contribution in [0.15, 0.2) is 36.4 Å². The van der Waals surface area contributed by atoms with Gasteiger partial charge in [-0.2, -0.15) is 0 Å². The van der Waals surface area contributed by atoms with Crippen LogP contribution in [0.5, 0.6) is 0 Å². The van der Waals surface area contributed by atoms with Gasteiger partial charge in [-0.1, -0.05) is 83.8 Å². The second-order valence-corrected chi connectivity index (χ2v) is 11.9. The summed E-state index contributed by atoms with van der Waals surface area (Å²) in [5, 5.41) is 31.4. The monoisotopic (exact) mass is 619 g/mol. The molecule has 0 aliphatic heterocycles. The second kappa shape index (κ2) is 21.9. The summed E-state index contributed by atoms with van der Waals surface area (Å²) in [6, 6.07) is 10.3. The molecule has 4 atom stereocenters. The van der Waals surface area contributed by atoms with Gasteiger partial charge >= 0.3 is 0 Å². The number of hydrogen-bond donors (Lipinski definition) is 6. The summed E-state index contributed by atoms with van der Waals surface area (Å²) >= 11 is 11.8. The molecule has 0 heterocycles. The fourth-order valence-electron chi connectivity index (χ4n) is 3.46. The number of aliphatic hydroxyl groups excluding tert-OH is 3. The zero-order chi connectivity index (χ0) is 32.3. The quantitative estimate of drug-likeness (QED) is 0.196. The highest BCUT2D eigenvalue weighted by molar-refractivity contribution is 6.31. The van der Waals surface area contributed by atoms with Gasteiger partial charge in [0.15, 0.2) is 0 Å². The standard InChI is InChI=1S/C18H19Cl2FN2O.C5H11NO2.C5H12.C2H6.CH4O/c1-11(13-4-6-17(21)16(20)7-13)12(2)22-9-14-3-5-15(19)8-18(14)23-10-24;6-3-1-4(7)5(8)2-3;1-5(2,3)4;2*1-2/h3-8,10-12,22H,9H2,1-2H3,(H,23,24);3-5,7-8H,1-2,6H2;1-4H3;1-2H3;2H,1H3/t11?,12-;;;;/m0..../s1. The lowest BCUT2D eigenvalue weighted by molar-refractivity contribution is -0.105. The Balaban J connectivity index is 0. The van der Waals surface area contributed by atoms with Crippen molar-refractivity contribution in [1.82, 2.24) is 5.32 Å². The largest absolute Gasteiger partial charge is 0.400 e. The minimum absolute atomic E-state index is 0.000000000000000444. The Hall–Kier alpha value is -1.78. The van der Waals surface area contributed by atoms with Gasteiger partial charge in [-0.05, 0) is 66.5 Å². The summed E-state index contributed by atoms with van der Waals surface area (Å²) < 4.78 is 13.3. The molecule has 3 unspecified atom stereocenters. The van der Waals surface area contributed by atoms with Gasteiger partial charge in [0, 0.05) is 36.4 Å². The Bertz CT molecular complexity index is 976. The summed E-state index contributed by atoms with van der Waals surface area (Å²) in [4.78, 5) is 10.7. The fraction of sp³-hybridized carbons (Fsp3) is 0.581. The molecule has 1 aliphatic carbocycles. The number of nitrogens with two attached hydrogens (primary N) is 1. The van der Waals surface area contributed by atoms with E-state index in [0.717, 1.165) is 18.2 Å². The van der Waals surface area contributed by atoms with Crippen LogP contribution in [0, 0.1) is 11.2 Å². The van der Waals surface area contributed by atoms with Crippen molar-refractivity contribution < 1.29 is 24.5 Å². The Kier molecular flexibility index (Phi) is 22.0. The smallest absolute Gasteiger partial charge is 0.211 e. The number of rotatable bonds is 7. The second-order valence-electron chi connectivity index (χ2n) is 11.1. The van der Waals surface area contributed by atoms with E-state index in [9.17, 15) is 9.18 Å². The first-order chi connectivity index (χ1) is 19.1. The lowest BCUT2D eigenvalue weighted by Crippen LogP contribution is -2.30. The van der Waals surface area contributed by atoms with Crippen LogP contribution in [0.3, 0.4) is 0 Å². The van der Waals surface area contributed by atoms with Gasteiger partial charge in [0.2, 0.25) is 6.41 Å². The van der Waals surface area contributed by atoms with Crippen molar-refractivity contribution in [1.29, 1.82) is 0 Å². The molecule has 236 valence electrons. The van der Waals surface area contributed by atoms with E-state index in [1.807, 2.05) is 33.8 Å². The van der Waals surface area contributed by atoms with E-state index in [1.165, 1.54) is 6.07 Å². The van der Waals surface area contributed by atoms with Gasteiger partial charge in [-0.15, -0.1) is 0 Å². The first-order valence-electron chi connectivity index (χ1n) is 13.9. The molecule has 2 aromatic carbocycles. The van der Waals surface area contributed by atoms with Gasteiger partial charge in [-0.25, -0.2) is 4.39 Å². The molecule has 0 aromatic heterocycles. The summed E-state index contributed by atoms with van der Waals surface area (Å²) in [7, 11) is 1.00. The SMILES string of the molecule is CC.CC(C)(C)C.CC(c1ccc(F)c(Cl)c1)[C@H](C)NCc1ccc(Cl)cc1NC=O.CO.NC1CC(O)C(O)C1.